The maximum absolute atomic E-state index is 5.60. The van der Waals surface area contributed by atoms with Gasteiger partial charge in [0.15, 0.2) is 11.5 Å². The number of morpholine rings is 1. The molecule has 9 heteroatoms. The number of anilines is 1. The number of aryl methyl sites for hydroxylation is 2. The van der Waals surface area contributed by atoms with Gasteiger partial charge in [-0.25, -0.2) is 14.6 Å². The number of imidazole rings is 1. The minimum atomic E-state index is 0.450. The van der Waals surface area contributed by atoms with E-state index in [4.69, 9.17) is 25.5 Å². The first-order chi connectivity index (χ1) is 17.2. The standard InChI is InChI=1S/C26H30N8O/c1-3-33-24(18-28-10-5-9-27)29-25-22(32-12-14-35-15-13-32)17-23(30-26(25)33)34-11-8-21(31-34)20-7-4-6-19(2)16-20/h4-11,16-17H,3,12-15,18,27H2,1-2H3/b9-5-,28-10?. The van der Waals surface area contributed by atoms with Gasteiger partial charge in [-0.15, -0.1) is 0 Å². The highest BCUT2D eigenvalue weighted by atomic mass is 16.5. The van der Waals surface area contributed by atoms with Gasteiger partial charge in [0.1, 0.15) is 11.3 Å². The molecular weight excluding hydrogens is 440 g/mol. The minimum absolute atomic E-state index is 0.450. The van der Waals surface area contributed by atoms with Crippen LogP contribution in [0, 0.1) is 6.92 Å². The molecule has 0 saturated carbocycles. The Kier molecular flexibility index (Phi) is 6.58. The zero-order chi connectivity index (χ0) is 24.2. The second-order valence-corrected chi connectivity index (χ2v) is 8.43. The maximum Gasteiger partial charge on any atom is 0.164 e. The van der Waals surface area contributed by atoms with Crippen molar-refractivity contribution in [3.05, 3.63) is 66.3 Å². The van der Waals surface area contributed by atoms with Crippen molar-refractivity contribution in [3.8, 4) is 17.1 Å². The monoisotopic (exact) mass is 470 g/mol. The van der Waals surface area contributed by atoms with Crippen molar-refractivity contribution < 1.29 is 4.74 Å². The van der Waals surface area contributed by atoms with Crippen molar-refractivity contribution in [1.29, 1.82) is 0 Å². The molecule has 0 amide bonds. The Hall–Kier alpha value is -3.98. The van der Waals surface area contributed by atoms with E-state index in [9.17, 15) is 0 Å². The zero-order valence-electron chi connectivity index (χ0n) is 20.1. The van der Waals surface area contributed by atoms with Crippen LogP contribution in [0.1, 0.15) is 18.3 Å². The lowest BCUT2D eigenvalue weighted by atomic mass is 10.1. The third-order valence-electron chi connectivity index (χ3n) is 6.09. The molecular formula is C26H30N8O. The zero-order valence-corrected chi connectivity index (χ0v) is 20.1. The van der Waals surface area contributed by atoms with Gasteiger partial charge in [-0.1, -0.05) is 23.8 Å². The van der Waals surface area contributed by atoms with Gasteiger partial charge in [0.05, 0.1) is 31.1 Å². The highest BCUT2D eigenvalue weighted by Crippen LogP contribution is 2.30. The number of aromatic nitrogens is 5. The number of fused-ring (bicyclic) bond motifs is 1. The number of nitrogens with zero attached hydrogens (tertiary/aromatic N) is 7. The van der Waals surface area contributed by atoms with Gasteiger partial charge < -0.3 is 19.9 Å². The average molecular weight is 471 g/mol. The topological polar surface area (TPSA) is 99.4 Å². The third-order valence-corrected chi connectivity index (χ3v) is 6.09. The molecule has 180 valence electrons. The molecule has 0 spiro atoms. The Morgan fingerprint density at radius 3 is 2.77 bits per heavy atom. The lowest BCUT2D eigenvalue weighted by Crippen LogP contribution is -2.36. The summed E-state index contributed by atoms with van der Waals surface area (Å²) in [5, 5.41) is 4.86. The average Bonchev–Trinajstić information content (AvgIpc) is 3.51. The second-order valence-electron chi connectivity index (χ2n) is 8.43. The van der Waals surface area contributed by atoms with Crippen LogP contribution >= 0.6 is 0 Å². The van der Waals surface area contributed by atoms with Crippen LogP contribution in [-0.2, 0) is 17.8 Å². The molecule has 9 nitrogen and oxygen atoms in total. The number of hydrogen-bond acceptors (Lipinski definition) is 7. The number of aliphatic imine (C=N–C) groups is 1. The van der Waals surface area contributed by atoms with Crippen molar-refractivity contribution in [2.45, 2.75) is 26.9 Å². The molecule has 1 fully saturated rings. The van der Waals surface area contributed by atoms with Gasteiger partial charge >= 0.3 is 0 Å². The summed E-state index contributed by atoms with van der Waals surface area (Å²) in [5.74, 6) is 1.62. The van der Waals surface area contributed by atoms with Crippen molar-refractivity contribution >= 4 is 23.1 Å². The van der Waals surface area contributed by atoms with E-state index in [0.717, 1.165) is 59.4 Å². The van der Waals surface area contributed by atoms with Gasteiger partial charge in [-0.3, -0.25) is 4.99 Å². The molecule has 0 aliphatic carbocycles. The predicted molar refractivity (Wildman–Crippen MR) is 139 cm³/mol. The van der Waals surface area contributed by atoms with Crippen LogP contribution in [0.15, 0.2) is 59.9 Å². The number of ether oxygens (including phenoxy) is 1. The molecule has 4 heterocycles. The van der Waals surface area contributed by atoms with E-state index in [1.165, 1.54) is 11.8 Å². The van der Waals surface area contributed by atoms with E-state index < -0.39 is 0 Å². The molecule has 2 N–H and O–H groups in total. The Balaban J connectivity index is 1.61. The number of nitrogens with two attached hydrogens (primary N) is 1. The molecule has 0 bridgehead atoms. The fourth-order valence-corrected chi connectivity index (χ4v) is 4.38. The van der Waals surface area contributed by atoms with Crippen molar-refractivity contribution in [2.24, 2.45) is 10.7 Å². The van der Waals surface area contributed by atoms with Gasteiger partial charge in [0, 0.05) is 43.7 Å². The van der Waals surface area contributed by atoms with E-state index >= 15 is 0 Å². The van der Waals surface area contributed by atoms with E-state index in [-0.39, 0.29) is 0 Å². The number of benzene rings is 1. The molecule has 0 atom stereocenters. The van der Waals surface area contributed by atoms with Crippen LogP contribution in [0.2, 0.25) is 0 Å². The first-order valence-corrected chi connectivity index (χ1v) is 11.9. The van der Waals surface area contributed by atoms with E-state index in [0.29, 0.717) is 19.8 Å². The molecule has 1 aliphatic heterocycles. The molecule has 3 aromatic heterocycles. The van der Waals surface area contributed by atoms with Crippen LogP contribution in [-0.4, -0.2) is 56.8 Å². The molecule has 35 heavy (non-hydrogen) atoms. The highest BCUT2D eigenvalue weighted by Gasteiger charge is 2.22. The number of pyridine rings is 1. The van der Waals surface area contributed by atoms with E-state index in [2.05, 4.69) is 58.6 Å². The largest absolute Gasteiger partial charge is 0.405 e. The maximum atomic E-state index is 5.60. The Morgan fingerprint density at radius 2 is 2.00 bits per heavy atom. The van der Waals surface area contributed by atoms with Crippen LogP contribution in [0.4, 0.5) is 5.69 Å². The Morgan fingerprint density at radius 1 is 1.14 bits per heavy atom. The Bertz CT molecular complexity index is 1380. The van der Waals surface area contributed by atoms with E-state index in [1.807, 2.05) is 16.9 Å². The van der Waals surface area contributed by atoms with Crippen molar-refractivity contribution in [1.82, 2.24) is 24.3 Å². The van der Waals surface area contributed by atoms with E-state index in [1.54, 1.807) is 12.3 Å². The summed E-state index contributed by atoms with van der Waals surface area (Å²) in [7, 11) is 0. The normalized spacial score (nSPS) is 14.6. The number of hydrogen-bond donors (Lipinski definition) is 1. The summed E-state index contributed by atoms with van der Waals surface area (Å²) >= 11 is 0. The van der Waals surface area contributed by atoms with Crippen molar-refractivity contribution in [3.63, 3.8) is 0 Å². The quantitative estimate of drug-likeness (QED) is 0.415. The summed E-state index contributed by atoms with van der Waals surface area (Å²) in [6.45, 7) is 8.36. The van der Waals surface area contributed by atoms with Crippen LogP contribution in [0.5, 0.6) is 0 Å². The highest BCUT2D eigenvalue weighted by molar-refractivity contribution is 5.88. The first kappa shape index (κ1) is 22.8. The number of allylic oxidation sites excluding steroid dienone is 1. The van der Waals surface area contributed by atoms with Gasteiger partial charge in [0.2, 0.25) is 0 Å². The molecule has 1 aliphatic rings. The van der Waals surface area contributed by atoms with Crippen LogP contribution in [0.3, 0.4) is 0 Å². The minimum Gasteiger partial charge on any atom is -0.405 e. The summed E-state index contributed by atoms with van der Waals surface area (Å²) in [4.78, 5) is 16.8. The number of rotatable bonds is 7. The lowest BCUT2D eigenvalue weighted by Gasteiger charge is -2.29. The molecule has 0 radical (unpaired) electrons. The summed E-state index contributed by atoms with van der Waals surface area (Å²) in [6, 6.07) is 12.5. The SMILES string of the molecule is CCn1c(CN=C/C=C\N)nc2c(N3CCOCC3)cc(-n3ccc(-c4cccc(C)c4)n3)nc21. The smallest absolute Gasteiger partial charge is 0.164 e. The predicted octanol–water partition coefficient (Wildman–Crippen LogP) is 3.49. The third kappa shape index (κ3) is 4.67. The summed E-state index contributed by atoms with van der Waals surface area (Å²) in [5.41, 5.74) is 11.4. The molecule has 4 aromatic rings. The van der Waals surface area contributed by atoms with Crippen LogP contribution in [0.25, 0.3) is 28.2 Å². The second kappa shape index (κ2) is 10.1. The summed E-state index contributed by atoms with van der Waals surface area (Å²) < 4.78 is 9.57. The van der Waals surface area contributed by atoms with Crippen molar-refractivity contribution in [2.75, 3.05) is 31.2 Å². The van der Waals surface area contributed by atoms with Crippen LogP contribution < -0.4 is 10.6 Å². The molecule has 0 unspecified atom stereocenters. The Labute approximate surface area is 204 Å². The molecule has 1 aromatic carbocycles. The fourth-order valence-electron chi connectivity index (χ4n) is 4.38. The lowest BCUT2D eigenvalue weighted by molar-refractivity contribution is 0.123. The first-order valence-electron chi connectivity index (χ1n) is 11.9. The molecule has 1 saturated heterocycles. The van der Waals surface area contributed by atoms with Gasteiger partial charge in [0.25, 0.3) is 0 Å². The van der Waals surface area contributed by atoms with Gasteiger partial charge in [-0.05, 0) is 38.3 Å². The fraction of sp³-hybridized carbons (Fsp3) is 0.308. The summed E-state index contributed by atoms with van der Waals surface area (Å²) in [6.07, 6.45) is 6.83. The van der Waals surface area contributed by atoms with Gasteiger partial charge in [-0.2, -0.15) is 5.10 Å². The molecule has 5 rings (SSSR count).